The molecule has 0 radical (unpaired) electrons. The topological polar surface area (TPSA) is 91.0 Å². The molecule has 2 aromatic carbocycles. The highest BCUT2D eigenvalue weighted by Crippen LogP contribution is 2.30. The number of amides is 2. The number of allylic oxidation sites excluding steroid dienone is 1. The summed E-state index contributed by atoms with van der Waals surface area (Å²) >= 11 is 0. The molecule has 0 spiro atoms. The van der Waals surface area contributed by atoms with Crippen molar-refractivity contribution in [3.63, 3.8) is 0 Å². The van der Waals surface area contributed by atoms with Crippen molar-refractivity contribution in [3.8, 4) is 0 Å². The first-order chi connectivity index (χ1) is 17.9. The van der Waals surface area contributed by atoms with Crippen LogP contribution in [-0.4, -0.2) is 68.1 Å². The summed E-state index contributed by atoms with van der Waals surface area (Å²) < 4.78 is 0. The number of hydrogen-bond donors (Lipinski definition) is 2. The summed E-state index contributed by atoms with van der Waals surface area (Å²) in [7, 11) is 3.82. The van der Waals surface area contributed by atoms with E-state index >= 15 is 0 Å². The van der Waals surface area contributed by atoms with E-state index in [0.29, 0.717) is 24.6 Å². The Morgan fingerprint density at radius 1 is 0.973 bits per heavy atom. The van der Waals surface area contributed by atoms with Gasteiger partial charge in [0.25, 0.3) is 5.91 Å². The number of nitrogens with one attached hydrogen (secondary N) is 1. The fourth-order valence-corrected chi connectivity index (χ4v) is 5.29. The Hall–Kier alpha value is -3.45. The lowest BCUT2D eigenvalue weighted by Gasteiger charge is -2.32. The van der Waals surface area contributed by atoms with E-state index in [4.69, 9.17) is 5.73 Å². The van der Waals surface area contributed by atoms with Crippen LogP contribution in [0.15, 0.2) is 53.7 Å². The van der Waals surface area contributed by atoms with Gasteiger partial charge in [0.15, 0.2) is 0 Å². The van der Waals surface area contributed by atoms with Crippen LogP contribution in [0.25, 0.3) is 5.57 Å². The van der Waals surface area contributed by atoms with E-state index in [1.54, 1.807) is 19.5 Å². The van der Waals surface area contributed by atoms with E-state index in [2.05, 4.69) is 46.5 Å². The van der Waals surface area contributed by atoms with Crippen molar-refractivity contribution >= 4 is 29.3 Å². The zero-order valence-electron chi connectivity index (χ0n) is 22.2. The Kier molecular flexibility index (Phi) is 8.77. The molecular weight excluding hydrogens is 462 g/mol. The van der Waals surface area contributed by atoms with Crippen molar-refractivity contribution in [2.75, 3.05) is 45.6 Å². The first-order valence-corrected chi connectivity index (χ1v) is 13.2. The highest BCUT2D eigenvalue weighted by molar-refractivity contribution is 6.09. The number of carbonyl (C=O) groups is 2. The molecule has 2 heterocycles. The van der Waals surface area contributed by atoms with Crippen LogP contribution in [0, 0.1) is 12.8 Å². The average Bonchev–Trinajstić information content (AvgIpc) is 2.93. The molecule has 2 saturated heterocycles. The number of aryl methyl sites for hydroxylation is 1. The third-order valence-corrected chi connectivity index (χ3v) is 7.78. The molecule has 196 valence electrons. The summed E-state index contributed by atoms with van der Waals surface area (Å²) in [4.78, 5) is 34.4. The molecule has 0 saturated carbocycles. The maximum Gasteiger partial charge on any atom is 0.253 e. The molecule has 2 aromatic rings. The van der Waals surface area contributed by atoms with Gasteiger partial charge in [0.1, 0.15) is 0 Å². The number of carbonyl (C=O) groups excluding carboxylic acids is 2. The maximum absolute atomic E-state index is 13.3. The lowest BCUT2D eigenvalue weighted by Crippen LogP contribution is -2.38. The number of aliphatic imine (C=N–C) groups is 1. The molecule has 7 nitrogen and oxygen atoms in total. The predicted octanol–water partition coefficient (Wildman–Crippen LogP) is 4.30. The maximum atomic E-state index is 13.3. The number of anilines is 1. The molecule has 2 aliphatic heterocycles. The van der Waals surface area contributed by atoms with Crippen LogP contribution in [0.5, 0.6) is 0 Å². The third kappa shape index (κ3) is 6.46. The monoisotopic (exact) mass is 501 g/mol. The summed E-state index contributed by atoms with van der Waals surface area (Å²) in [6.45, 7) is 5.28. The molecule has 0 aliphatic carbocycles. The van der Waals surface area contributed by atoms with Gasteiger partial charge in [0.2, 0.25) is 5.91 Å². The standard InChI is InChI=1S/C30H39N5O2/c1-21-4-5-26(18-28(21)33-29(36)25-10-14-34(3)15-11-25)30(37)35-16-12-24(13-17-35)22-6-8-23(9-7-22)27(19-31)20-32-2/h4-9,18-20,24-25H,10-17,31H2,1-3H3,(H,33,36). The van der Waals surface area contributed by atoms with Gasteiger partial charge in [-0.3, -0.25) is 14.6 Å². The number of piperidine rings is 2. The average molecular weight is 502 g/mol. The molecule has 0 atom stereocenters. The minimum atomic E-state index is 0.0279. The largest absolute Gasteiger partial charge is 0.404 e. The summed E-state index contributed by atoms with van der Waals surface area (Å²) in [5, 5.41) is 3.10. The molecule has 37 heavy (non-hydrogen) atoms. The van der Waals surface area contributed by atoms with Crippen LogP contribution in [0.2, 0.25) is 0 Å². The number of nitrogens with two attached hydrogens (primary N) is 1. The van der Waals surface area contributed by atoms with Crippen LogP contribution in [0.1, 0.15) is 58.6 Å². The molecule has 0 unspecified atom stereocenters. The van der Waals surface area contributed by atoms with Crippen LogP contribution < -0.4 is 11.1 Å². The minimum Gasteiger partial charge on any atom is -0.404 e. The highest BCUT2D eigenvalue weighted by atomic mass is 16.2. The normalized spacial score (nSPS) is 18.4. The summed E-state index contributed by atoms with van der Waals surface area (Å²) in [5.41, 5.74) is 11.3. The van der Waals surface area contributed by atoms with E-state index in [9.17, 15) is 9.59 Å². The van der Waals surface area contributed by atoms with Crippen LogP contribution in [0.3, 0.4) is 0 Å². The van der Waals surface area contributed by atoms with Crippen molar-refractivity contribution in [1.29, 1.82) is 0 Å². The Bertz CT molecular complexity index is 1150. The van der Waals surface area contributed by atoms with Gasteiger partial charge < -0.3 is 20.9 Å². The molecule has 2 aliphatic rings. The Morgan fingerprint density at radius 3 is 2.24 bits per heavy atom. The molecule has 2 fully saturated rings. The minimum absolute atomic E-state index is 0.0279. The quantitative estimate of drug-likeness (QED) is 0.578. The third-order valence-electron chi connectivity index (χ3n) is 7.78. The Balaban J connectivity index is 1.36. The highest BCUT2D eigenvalue weighted by Gasteiger charge is 2.26. The van der Waals surface area contributed by atoms with E-state index in [1.807, 2.05) is 30.0 Å². The molecule has 4 rings (SSSR count). The first-order valence-electron chi connectivity index (χ1n) is 13.2. The van der Waals surface area contributed by atoms with Gasteiger partial charge in [-0.25, -0.2) is 0 Å². The van der Waals surface area contributed by atoms with Gasteiger partial charge in [0, 0.05) is 55.3 Å². The molecule has 2 amide bonds. The predicted molar refractivity (Wildman–Crippen MR) is 151 cm³/mol. The Morgan fingerprint density at radius 2 is 1.62 bits per heavy atom. The number of likely N-dealkylation sites (tertiary alicyclic amines) is 2. The second-order valence-electron chi connectivity index (χ2n) is 10.3. The van der Waals surface area contributed by atoms with E-state index < -0.39 is 0 Å². The van der Waals surface area contributed by atoms with Crippen molar-refractivity contribution in [3.05, 3.63) is 70.9 Å². The van der Waals surface area contributed by atoms with Crippen LogP contribution >= 0.6 is 0 Å². The summed E-state index contributed by atoms with van der Waals surface area (Å²) in [6.07, 6.45) is 6.92. The van der Waals surface area contributed by atoms with E-state index in [1.165, 1.54) is 5.56 Å². The van der Waals surface area contributed by atoms with Gasteiger partial charge in [-0.15, -0.1) is 0 Å². The lowest BCUT2D eigenvalue weighted by atomic mass is 9.88. The van der Waals surface area contributed by atoms with Crippen molar-refractivity contribution in [2.24, 2.45) is 16.6 Å². The number of hydrogen-bond acceptors (Lipinski definition) is 5. The number of benzene rings is 2. The van der Waals surface area contributed by atoms with Gasteiger partial charge in [-0.1, -0.05) is 30.3 Å². The molecule has 0 aromatic heterocycles. The van der Waals surface area contributed by atoms with Gasteiger partial charge >= 0.3 is 0 Å². The molecule has 0 bridgehead atoms. The van der Waals surface area contributed by atoms with Crippen molar-refractivity contribution in [1.82, 2.24) is 9.80 Å². The smallest absolute Gasteiger partial charge is 0.253 e. The van der Waals surface area contributed by atoms with Gasteiger partial charge in [-0.05, 0) is 87.5 Å². The van der Waals surface area contributed by atoms with Gasteiger partial charge in [-0.2, -0.15) is 0 Å². The van der Waals surface area contributed by atoms with Crippen molar-refractivity contribution < 1.29 is 9.59 Å². The van der Waals surface area contributed by atoms with Crippen LogP contribution in [-0.2, 0) is 4.79 Å². The first kappa shape index (κ1) is 26.6. The second kappa shape index (κ2) is 12.2. The van der Waals surface area contributed by atoms with Crippen LogP contribution in [0.4, 0.5) is 5.69 Å². The zero-order chi connectivity index (χ0) is 26.4. The molecule has 3 N–H and O–H groups in total. The SMILES string of the molecule is CN=CC(=CN)c1ccc(C2CCN(C(=O)c3ccc(C)c(NC(=O)C4CCN(C)CC4)c3)CC2)cc1. The molecule has 7 heteroatoms. The van der Waals surface area contributed by atoms with Crippen molar-refractivity contribution in [2.45, 2.75) is 38.5 Å². The summed E-state index contributed by atoms with van der Waals surface area (Å²) in [6, 6.07) is 14.1. The fourth-order valence-electron chi connectivity index (χ4n) is 5.29. The number of rotatable bonds is 6. The van der Waals surface area contributed by atoms with E-state index in [0.717, 1.165) is 61.2 Å². The zero-order valence-corrected chi connectivity index (χ0v) is 22.2. The van der Waals surface area contributed by atoms with Gasteiger partial charge in [0.05, 0.1) is 0 Å². The molecular formula is C30H39N5O2. The fraction of sp³-hybridized carbons (Fsp3) is 0.433. The number of nitrogens with zero attached hydrogens (tertiary/aromatic N) is 3. The lowest BCUT2D eigenvalue weighted by molar-refractivity contribution is -0.121. The van der Waals surface area contributed by atoms with E-state index in [-0.39, 0.29) is 17.7 Å². The summed E-state index contributed by atoms with van der Waals surface area (Å²) in [5.74, 6) is 0.537. The Labute approximate surface area is 220 Å². The second-order valence-corrected chi connectivity index (χ2v) is 10.3.